The fourth-order valence-electron chi connectivity index (χ4n) is 1.61. The van der Waals surface area contributed by atoms with Crippen LogP contribution in [0.2, 0.25) is 5.02 Å². The molecule has 1 aromatic carbocycles. The second-order valence-electron chi connectivity index (χ2n) is 4.12. The number of nitrogens with two attached hydrogens (primary N) is 1. The zero-order valence-electron chi connectivity index (χ0n) is 9.05. The largest absolute Gasteiger partial charge is 0.328 e. The van der Waals surface area contributed by atoms with Crippen LogP contribution < -0.4 is 5.73 Å². The molecule has 0 fully saturated rings. The van der Waals surface area contributed by atoms with Crippen LogP contribution in [-0.4, -0.2) is 6.04 Å². The van der Waals surface area contributed by atoms with Gasteiger partial charge in [0.05, 0.1) is 0 Å². The van der Waals surface area contributed by atoms with Gasteiger partial charge in [0.15, 0.2) is 0 Å². The first-order valence-corrected chi connectivity index (χ1v) is 5.40. The van der Waals surface area contributed by atoms with E-state index in [1.807, 2.05) is 19.9 Å². The molecule has 0 aliphatic carbocycles. The van der Waals surface area contributed by atoms with E-state index in [1.54, 1.807) is 0 Å². The summed E-state index contributed by atoms with van der Waals surface area (Å²) in [5, 5.41) is 0.846. The minimum absolute atomic E-state index is 0.241. The Kier molecular flexibility index (Phi) is 3.97. The predicted octanol–water partition coefficient (Wildman–Crippen LogP) is 3.49. The summed E-state index contributed by atoms with van der Waals surface area (Å²) in [5.41, 5.74) is 8.17. The molecule has 0 saturated heterocycles. The Balaban J connectivity index is 2.80. The van der Waals surface area contributed by atoms with Crippen LogP contribution in [0.4, 0.5) is 0 Å². The van der Waals surface area contributed by atoms with Crippen LogP contribution in [0.5, 0.6) is 0 Å². The summed E-state index contributed by atoms with van der Waals surface area (Å²) in [7, 11) is 0. The van der Waals surface area contributed by atoms with Crippen molar-refractivity contribution in [2.45, 2.75) is 39.2 Å². The Labute approximate surface area is 91.3 Å². The lowest BCUT2D eigenvalue weighted by atomic mass is 9.94. The van der Waals surface area contributed by atoms with Gasteiger partial charge in [-0.2, -0.15) is 0 Å². The Morgan fingerprint density at radius 3 is 2.50 bits per heavy atom. The van der Waals surface area contributed by atoms with Crippen molar-refractivity contribution in [2.75, 3.05) is 0 Å². The molecule has 0 spiro atoms. The van der Waals surface area contributed by atoms with Crippen LogP contribution in [-0.2, 0) is 0 Å². The highest BCUT2D eigenvalue weighted by Gasteiger charge is 2.08. The molecule has 2 atom stereocenters. The lowest BCUT2D eigenvalue weighted by Gasteiger charge is -2.15. The maximum atomic E-state index is 6.06. The van der Waals surface area contributed by atoms with Gasteiger partial charge in [0.2, 0.25) is 0 Å². The first-order chi connectivity index (χ1) is 6.50. The maximum Gasteiger partial charge on any atom is 0.0438 e. The average molecular weight is 212 g/mol. The summed E-state index contributed by atoms with van der Waals surface area (Å²) in [6, 6.07) is 6.48. The minimum atomic E-state index is 0.241. The molecule has 0 radical (unpaired) electrons. The van der Waals surface area contributed by atoms with Crippen LogP contribution in [0, 0.1) is 6.92 Å². The monoisotopic (exact) mass is 211 g/mol. The van der Waals surface area contributed by atoms with Crippen LogP contribution in [0.1, 0.15) is 37.3 Å². The SMILES string of the molecule is Cc1ccc(C(C)CC(C)N)cc1Cl. The van der Waals surface area contributed by atoms with Gasteiger partial charge in [-0.1, -0.05) is 30.7 Å². The lowest BCUT2D eigenvalue weighted by molar-refractivity contribution is 0.586. The Bertz CT molecular complexity index is 307. The highest BCUT2D eigenvalue weighted by molar-refractivity contribution is 6.31. The molecule has 0 amide bonds. The Morgan fingerprint density at radius 1 is 1.36 bits per heavy atom. The van der Waals surface area contributed by atoms with Crippen molar-refractivity contribution in [3.63, 3.8) is 0 Å². The normalized spacial score (nSPS) is 15.2. The first-order valence-electron chi connectivity index (χ1n) is 5.02. The average Bonchev–Trinajstić information content (AvgIpc) is 2.08. The molecule has 0 aliphatic heterocycles. The van der Waals surface area contributed by atoms with E-state index in [-0.39, 0.29) is 6.04 Å². The third kappa shape index (κ3) is 3.00. The first kappa shape index (κ1) is 11.5. The van der Waals surface area contributed by atoms with E-state index in [2.05, 4.69) is 19.1 Å². The summed E-state index contributed by atoms with van der Waals surface area (Å²) in [4.78, 5) is 0. The standard InChI is InChI=1S/C12H18ClN/c1-8-4-5-11(7-12(8)13)9(2)6-10(3)14/h4-5,7,9-10H,6,14H2,1-3H3. The highest BCUT2D eigenvalue weighted by atomic mass is 35.5. The van der Waals surface area contributed by atoms with Gasteiger partial charge in [-0.15, -0.1) is 0 Å². The van der Waals surface area contributed by atoms with Crippen molar-refractivity contribution in [3.05, 3.63) is 34.3 Å². The van der Waals surface area contributed by atoms with Crippen molar-refractivity contribution >= 4 is 11.6 Å². The number of hydrogen-bond donors (Lipinski definition) is 1. The van der Waals surface area contributed by atoms with Crippen molar-refractivity contribution in [1.82, 2.24) is 0 Å². The highest BCUT2D eigenvalue weighted by Crippen LogP contribution is 2.25. The number of benzene rings is 1. The van der Waals surface area contributed by atoms with Gasteiger partial charge in [0, 0.05) is 11.1 Å². The number of rotatable bonds is 3. The molecule has 14 heavy (non-hydrogen) atoms. The molecule has 2 heteroatoms. The molecule has 1 aromatic rings. The number of aryl methyl sites for hydroxylation is 1. The zero-order chi connectivity index (χ0) is 10.7. The number of halogens is 1. The molecule has 0 heterocycles. The van der Waals surface area contributed by atoms with E-state index in [0.717, 1.165) is 17.0 Å². The smallest absolute Gasteiger partial charge is 0.0438 e. The van der Waals surface area contributed by atoms with Gasteiger partial charge < -0.3 is 5.73 Å². The molecule has 0 saturated carbocycles. The van der Waals surface area contributed by atoms with Gasteiger partial charge >= 0.3 is 0 Å². The van der Waals surface area contributed by atoms with Gasteiger partial charge in [-0.3, -0.25) is 0 Å². The third-order valence-corrected chi connectivity index (χ3v) is 2.90. The van der Waals surface area contributed by atoms with Crippen molar-refractivity contribution < 1.29 is 0 Å². The van der Waals surface area contributed by atoms with E-state index < -0.39 is 0 Å². The Hall–Kier alpha value is -0.530. The van der Waals surface area contributed by atoms with Gasteiger partial charge in [0.25, 0.3) is 0 Å². The summed E-state index contributed by atoms with van der Waals surface area (Å²) in [6.45, 7) is 6.24. The molecular formula is C12H18ClN. The molecule has 78 valence electrons. The van der Waals surface area contributed by atoms with Crippen LogP contribution in [0.3, 0.4) is 0 Å². The molecule has 0 bridgehead atoms. The van der Waals surface area contributed by atoms with E-state index in [4.69, 9.17) is 17.3 Å². The van der Waals surface area contributed by atoms with E-state index in [1.165, 1.54) is 5.56 Å². The summed E-state index contributed by atoms with van der Waals surface area (Å²) in [5.74, 6) is 0.480. The van der Waals surface area contributed by atoms with Crippen molar-refractivity contribution in [2.24, 2.45) is 5.73 Å². The van der Waals surface area contributed by atoms with E-state index >= 15 is 0 Å². The second-order valence-corrected chi connectivity index (χ2v) is 4.53. The molecule has 2 unspecified atom stereocenters. The van der Waals surface area contributed by atoms with E-state index in [0.29, 0.717) is 5.92 Å². The van der Waals surface area contributed by atoms with Gasteiger partial charge in [0.1, 0.15) is 0 Å². The topological polar surface area (TPSA) is 26.0 Å². The molecular weight excluding hydrogens is 194 g/mol. The van der Waals surface area contributed by atoms with Crippen molar-refractivity contribution in [1.29, 1.82) is 0 Å². The molecule has 1 rings (SSSR count). The zero-order valence-corrected chi connectivity index (χ0v) is 9.81. The quantitative estimate of drug-likeness (QED) is 0.814. The minimum Gasteiger partial charge on any atom is -0.328 e. The van der Waals surface area contributed by atoms with Crippen molar-refractivity contribution in [3.8, 4) is 0 Å². The molecule has 1 nitrogen and oxygen atoms in total. The molecule has 2 N–H and O–H groups in total. The van der Waals surface area contributed by atoms with Crippen LogP contribution in [0.25, 0.3) is 0 Å². The predicted molar refractivity (Wildman–Crippen MR) is 62.9 cm³/mol. The summed E-state index contributed by atoms with van der Waals surface area (Å²) in [6.07, 6.45) is 0.999. The second kappa shape index (κ2) is 4.81. The molecule has 0 aromatic heterocycles. The maximum absolute atomic E-state index is 6.06. The summed E-state index contributed by atoms with van der Waals surface area (Å²) < 4.78 is 0. The van der Waals surface area contributed by atoms with Gasteiger partial charge in [-0.05, 0) is 43.4 Å². The summed E-state index contributed by atoms with van der Waals surface area (Å²) >= 11 is 6.06. The van der Waals surface area contributed by atoms with Crippen LogP contribution >= 0.6 is 11.6 Å². The lowest BCUT2D eigenvalue weighted by Crippen LogP contribution is -2.17. The third-order valence-electron chi connectivity index (χ3n) is 2.49. The van der Waals surface area contributed by atoms with Crippen LogP contribution in [0.15, 0.2) is 18.2 Å². The van der Waals surface area contributed by atoms with E-state index in [9.17, 15) is 0 Å². The number of hydrogen-bond acceptors (Lipinski definition) is 1. The van der Waals surface area contributed by atoms with Gasteiger partial charge in [-0.25, -0.2) is 0 Å². The molecule has 0 aliphatic rings. The fourth-order valence-corrected chi connectivity index (χ4v) is 1.80. The fraction of sp³-hybridized carbons (Fsp3) is 0.500. The Morgan fingerprint density at radius 2 is 2.00 bits per heavy atom.